The van der Waals surface area contributed by atoms with Gasteiger partial charge < -0.3 is 14.8 Å². The van der Waals surface area contributed by atoms with E-state index in [0.717, 1.165) is 5.56 Å². The monoisotopic (exact) mass is 297 g/mol. The van der Waals surface area contributed by atoms with Crippen molar-refractivity contribution < 1.29 is 19.1 Å². The van der Waals surface area contributed by atoms with Gasteiger partial charge in [-0.15, -0.1) is 0 Å². The lowest BCUT2D eigenvalue weighted by atomic mass is 10.1. The summed E-state index contributed by atoms with van der Waals surface area (Å²) in [5, 5.41) is 2.80. The number of benzene rings is 2. The van der Waals surface area contributed by atoms with Gasteiger partial charge in [0.15, 0.2) is 6.10 Å². The van der Waals surface area contributed by atoms with Gasteiger partial charge in [0.25, 0.3) is 5.91 Å². The van der Waals surface area contributed by atoms with E-state index in [1.807, 2.05) is 30.3 Å². The van der Waals surface area contributed by atoms with Crippen LogP contribution in [0.15, 0.2) is 48.5 Å². The van der Waals surface area contributed by atoms with E-state index >= 15 is 0 Å². The van der Waals surface area contributed by atoms with Gasteiger partial charge in [-0.25, -0.2) is 4.79 Å². The highest BCUT2D eigenvalue weighted by Gasteiger charge is 2.28. The Labute approximate surface area is 127 Å². The largest absolute Gasteiger partial charge is 0.478 e. The fraction of sp³-hybridized carbons (Fsp3) is 0.176. The molecule has 0 saturated heterocycles. The van der Waals surface area contributed by atoms with Crippen LogP contribution in [0, 0.1) is 0 Å². The summed E-state index contributed by atoms with van der Waals surface area (Å²) in [7, 11) is 1.32. The summed E-state index contributed by atoms with van der Waals surface area (Å²) in [6.45, 7) is 0. The Kier molecular flexibility index (Phi) is 3.78. The maximum atomic E-state index is 12.1. The number of ether oxygens (including phenoxy) is 2. The summed E-state index contributed by atoms with van der Waals surface area (Å²) in [4.78, 5) is 23.7. The van der Waals surface area contributed by atoms with Crippen LogP contribution < -0.4 is 10.1 Å². The Hall–Kier alpha value is -2.82. The number of methoxy groups -OCH3 is 1. The van der Waals surface area contributed by atoms with E-state index in [4.69, 9.17) is 4.74 Å². The molecule has 2 aromatic carbocycles. The van der Waals surface area contributed by atoms with Crippen molar-refractivity contribution in [2.75, 3.05) is 12.4 Å². The number of nitrogens with one attached hydrogen (secondary N) is 1. The van der Waals surface area contributed by atoms with Crippen molar-refractivity contribution in [3.63, 3.8) is 0 Å². The molecule has 0 fully saturated rings. The van der Waals surface area contributed by atoms with E-state index in [0.29, 0.717) is 23.4 Å². The second kappa shape index (κ2) is 5.89. The van der Waals surface area contributed by atoms with Crippen molar-refractivity contribution in [1.82, 2.24) is 0 Å². The number of amides is 1. The van der Waals surface area contributed by atoms with Crippen LogP contribution in [0.1, 0.15) is 15.9 Å². The highest BCUT2D eigenvalue weighted by molar-refractivity contribution is 5.99. The number of carbonyl (C=O) groups is 2. The Bertz CT molecular complexity index is 712. The first-order valence-electron chi connectivity index (χ1n) is 6.91. The van der Waals surface area contributed by atoms with Crippen molar-refractivity contribution in [1.29, 1.82) is 0 Å². The summed E-state index contributed by atoms with van der Waals surface area (Å²) in [5.74, 6) is -0.159. The van der Waals surface area contributed by atoms with Crippen LogP contribution >= 0.6 is 0 Å². The van der Waals surface area contributed by atoms with Crippen LogP contribution in [0.5, 0.6) is 5.75 Å². The summed E-state index contributed by atoms with van der Waals surface area (Å²) in [6.07, 6.45) is -0.156. The van der Waals surface area contributed by atoms with Crippen molar-refractivity contribution in [2.45, 2.75) is 12.5 Å². The highest BCUT2D eigenvalue weighted by atomic mass is 16.5. The number of hydrogen-bond donors (Lipinski definition) is 1. The molecule has 0 spiro atoms. The molecule has 0 saturated carbocycles. The van der Waals surface area contributed by atoms with Crippen LogP contribution in [0.4, 0.5) is 5.69 Å². The van der Waals surface area contributed by atoms with Gasteiger partial charge in [0.05, 0.1) is 18.4 Å². The molecule has 5 nitrogen and oxygen atoms in total. The summed E-state index contributed by atoms with van der Waals surface area (Å²) in [5.41, 5.74) is 1.95. The van der Waals surface area contributed by atoms with Crippen molar-refractivity contribution >= 4 is 17.6 Å². The molecule has 1 atom stereocenters. The SMILES string of the molecule is COC(=O)c1ccc2c(c1)OC(Cc1ccccc1)C(=O)N2. The first-order valence-corrected chi connectivity index (χ1v) is 6.91. The molecule has 1 aliphatic heterocycles. The number of rotatable bonds is 3. The third-order valence-electron chi connectivity index (χ3n) is 3.49. The molecular formula is C17H15NO4. The van der Waals surface area contributed by atoms with Crippen LogP contribution in [-0.2, 0) is 16.0 Å². The van der Waals surface area contributed by atoms with E-state index in [2.05, 4.69) is 10.1 Å². The normalized spacial score (nSPS) is 16.2. The molecule has 1 heterocycles. The Morgan fingerprint density at radius 3 is 2.73 bits per heavy atom. The molecule has 1 amide bonds. The van der Waals surface area contributed by atoms with Gasteiger partial charge in [-0.3, -0.25) is 4.79 Å². The quantitative estimate of drug-likeness (QED) is 0.884. The average Bonchev–Trinajstić information content (AvgIpc) is 2.55. The zero-order valence-corrected chi connectivity index (χ0v) is 12.0. The number of esters is 1. The molecular weight excluding hydrogens is 282 g/mol. The molecule has 1 aliphatic rings. The number of carbonyl (C=O) groups excluding carboxylic acids is 2. The molecule has 3 rings (SSSR count). The smallest absolute Gasteiger partial charge is 0.337 e. The van der Waals surface area contributed by atoms with Crippen LogP contribution in [0.2, 0.25) is 0 Å². The second-order valence-electron chi connectivity index (χ2n) is 4.99. The van der Waals surface area contributed by atoms with E-state index in [-0.39, 0.29) is 5.91 Å². The summed E-state index contributed by atoms with van der Waals surface area (Å²) >= 11 is 0. The standard InChI is InChI=1S/C17H15NO4/c1-21-17(20)12-7-8-13-14(10-12)22-15(16(19)18-13)9-11-5-3-2-4-6-11/h2-8,10,15H,9H2,1H3,(H,18,19). The molecule has 1 N–H and O–H groups in total. The molecule has 112 valence electrons. The number of fused-ring (bicyclic) bond motifs is 1. The van der Waals surface area contributed by atoms with Crippen molar-refractivity contribution in [3.05, 3.63) is 59.7 Å². The zero-order chi connectivity index (χ0) is 15.5. The lowest BCUT2D eigenvalue weighted by Gasteiger charge is -2.26. The van der Waals surface area contributed by atoms with E-state index < -0.39 is 12.1 Å². The number of anilines is 1. The third-order valence-corrected chi connectivity index (χ3v) is 3.49. The van der Waals surface area contributed by atoms with Gasteiger partial charge in [0.1, 0.15) is 5.75 Å². The molecule has 1 unspecified atom stereocenters. The van der Waals surface area contributed by atoms with E-state index in [1.165, 1.54) is 7.11 Å². The molecule has 2 aromatic rings. The maximum absolute atomic E-state index is 12.1. The van der Waals surface area contributed by atoms with Gasteiger partial charge in [0.2, 0.25) is 0 Å². The minimum Gasteiger partial charge on any atom is -0.478 e. The summed E-state index contributed by atoms with van der Waals surface area (Å²) in [6, 6.07) is 14.4. The highest BCUT2D eigenvalue weighted by Crippen LogP contribution is 2.31. The molecule has 0 aliphatic carbocycles. The predicted octanol–water partition coefficient (Wildman–Crippen LogP) is 2.42. The van der Waals surface area contributed by atoms with Gasteiger partial charge in [-0.1, -0.05) is 30.3 Å². The van der Waals surface area contributed by atoms with Crippen LogP contribution in [-0.4, -0.2) is 25.1 Å². The van der Waals surface area contributed by atoms with Gasteiger partial charge in [-0.05, 0) is 23.8 Å². The van der Waals surface area contributed by atoms with E-state index in [9.17, 15) is 9.59 Å². The molecule has 0 bridgehead atoms. The Morgan fingerprint density at radius 1 is 1.23 bits per heavy atom. The van der Waals surface area contributed by atoms with Gasteiger partial charge >= 0.3 is 5.97 Å². The van der Waals surface area contributed by atoms with Gasteiger partial charge in [0, 0.05) is 6.42 Å². The molecule has 5 heteroatoms. The zero-order valence-electron chi connectivity index (χ0n) is 12.0. The van der Waals surface area contributed by atoms with E-state index in [1.54, 1.807) is 18.2 Å². The Morgan fingerprint density at radius 2 is 2.00 bits per heavy atom. The molecule has 22 heavy (non-hydrogen) atoms. The minimum atomic E-state index is -0.622. The second-order valence-corrected chi connectivity index (χ2v) is 4.99. The van der Waals surface area contributed by atoms with Crippen molar-refractivity contribution in [3.8, 4) is 5.75 Å². The molecule has 0 radical (unpaired) electrons. The lowest BCUT2D eigenvalue weighted by molar-refractivity contribution is -0.123. The minimum absolute atomic E-state index is 0.192. The summed E-state index contributed by atoms with van der Waals surface area (Å²) < 4.78 is 10.5. The van der Waals surface area contributed by atoms with Crippen molar-refractivity contribution in [2.24, 2.45) is 0 Å². The van der Waals surface area contributed by atoms with Crippen LogP contribution in [0.25, 0.3) is 0 Å². The fourth-order valence-electron chi connectivity index (χ4n) is 2.35. The Balaban J connectivity index is 1.83. The first kappa shape index (κ1) is 14.1. The maximum Gasteiger partial charge on any atom is 0.337 e. The average molecular weight is 297 g/mol. The topological polar surface area (TPSA) is 64.6 Å². The van der Waals surface area contributed by atoms with Gasteiger partial charge in [-0.2, -0.15) is 0 Å². The van der Waals surface area contributed by atoms with Crippen LogP contribution in [0.3, 0.4) is 0 Å². The third kappa shape index (κ3) is 2.79. The number of hydrogen-bond acceptors (Lipinski definition) is 4. The predicted molar refractivity (Wildman–Crippen MR) is 81.0 cm³/mol. The first-order chi connectivity index (χ1) is 10.7. The molecule has 0 aromatic heterocycles. The fourth-order valence-corrected chi connectivity index (χ4v) is 2.35. The lowest BCUT2D eigenvalue weighted by Crippen LogP contribution is -2.38.